The molecule has 0 radical (unpaired) electrons. The molecule has 1 saturated carbocycles. The van der Waals surface area contributed by atoms with E-state index in [4.69, 9.17) is 4.99 Å². The highest BCUT2D eigenvalue weighted by Gasteiger charge is 2.16. The second kappa shape index (κ2) is 13.8. The van der Waals surface area contributed by atoms with Gasteiger partial charge in [0, 0.05) is 18.2 Å². The Hall–Kier alpha value is -2.53. The molecule has 0 aromatic heterocycles. The average Bonchev–Trinajstić information content (AvgIpc) is 2.78. The van der Waals surface area contributed by atoms with Crippen molar-refractivity contribution >= 4 is 5.71 Å². The van der Waals surface area contributed by atoms with E-state index in [0.29, 0.717) is 6.04 Å². The molecule has 1 aliphatic carbocycles. The van der Waals surface area contributed by atoms with Crippen LogP contribution in [-0.2, 0) is 0 Å². The lowest BCUT2D eigenvalue weighted by atomic mass is 9.92. The van der Waals surface area contributed by atoms with E-state index in [-0.39, 0.29) is 12.1 Å². The van der Waals surface area contributed by atoms with Gasteiger partial charge in [0.1, 0.15) is 0 Å². The fourth-order valence-electron chi connectivity index (χ4n) is 4.07. The van der Waals surface area contributed by atoms with Gasteiger partial charge in [-0.3, -0.25) is 10.3 Å². The van der Waals surface area contributed by atoms with Crippen LogP contribution in [0.1, 0.15) is 70.8 Å². The number of rotatable bonds is 11. The van der Waals surface area contributed by atoms with Crippen LogP contribution in [0.15, 0.2) is 72.0 Å². The third-order valence-corrected chi connectivity index (χ3v) is 5.70. The molecule has 3 nitrogen and oxygen atoms in total. The van der Waals surface area contributed by atoms with Crippen molar-refractivity contribution in [1.29, 1.82) is 0 Å². The standard InChI is InChI=1S/C27H37F2N3/c1-5-11-27(32-20(4)31-24-12-9-8-10-13-24)23(16-17-30-7-3)18-21(6-2)22-14-15-25(28)26(29)19-22/h5,7,11,14-21,24,30-31H,3,6,8-10,12-13H2,1-2,4H3/b11-5-,17-16-,23-18+,32-27?. The number of allylic oxidation sites excluding steroid dienone is 5. The van der Waals surface area contributed by atoms with Crippen LogP contribution in [-0.4, -0.2) is 17.9 Å². The van der Waals surface area contributed by atoms with Crippen LogP contribution < -0.4 is 10.6 Å². The maximum atomic E-state index is 13.9. The molecule has 0 bridgehead atoms. The number of aliphatic imine (C=N–C) groups is 1. The number of hydrogen-bond donors (Lipinski definition) is 2. The van der Waals surface area contributed by atoms with Crippen molar-refractivity contribution in [3.05, 3.63) is 84.3 Å². The van der Waals surface area contributed by atoms with Crippen LogP contribution in [0.5, 0.6) is 0 Å². The van der Waals surface area contributed by atoms with Gasteiger partial charge in [-0.1, -0.05) is 51.0 Å². The Morgan fingerprint density at radius 3 is 2.56 bits per heavy atom. The largest absolute Gasteiger partial charge is 0.368 e. The van der Waals surface area contributed by atoms with Crippen LogP contribution in [0, 0.1) is 11.6 Å². The SMILES string of the molecule is C=CN/C=C\C(=C/C(CC)c1ccc(F)c(F)c1)C(/C=C\C)=NC(C)NC1CCCCC1. The van der Waals surface area contributed by atoms with Gasteiger partial charge < -0.3 is 5.32 Å². The molecule has 2 N–H and O–H groups in total. The van der Waals surface area contributed by atoms with Crippen molar-refractivity contribution in [3.63, 3.8) is 0 Å². The lowest BCUT2D eigenvalue weighted by Crippen LogP contribution is -2.37. The summed E-state index contributed by atoms with van der Waals surface area (Å²) in [5.74, 6) is -1.74. The molecule has 0 aliphatic heterocycles. The first-order chi connectivity index (χ1) is 15.5. The summed E-state index contributed by atoms with van der Waals surface area (Å²) in [5, 5.41) is 6.63. The van der Waals surface area contributed by atoms with Crippen molar-refractivity contribution in [2.24, 2.45) is 4.99 Å². The molecule has 2 rings (SSSR count). The van der Waals surface area contributed by atoms with Crippen LogP contribution in [0.25, 0.3) is 0 Å². The predicted octanol–water partition coefficient (Wildman–Crippen LogP) is 6.92. The maximum Gasteiger partial charge on any atom is 0.159 e. The summed E-state index contributed by atoms with van der Waals surface area (Å²) in [6.45, 7) is 9.76. The van der Waals surface area contributed by atoms with E-state index in [9.17, 15) is 8.78 Å². The molecule has 0 amide bonds. The highest BCUT2D eigenvalue weighted by Crippen LogP contribution is 2.25. The fourth-order valence-corrected chi connectivity index (χ4v) is 4.07. The lowest BCUT2D eigenvalue weighted by molar-refractivity contribution is 0.348. The Bertz CT molecular complexity index is 848. The molecule has 0 saturated heterocycles. The minimum absolute atomic E-state index is 0.0307. The van der Waals surface area contributed by atoms with Gasteiger partial charge in [-0.2, -0.15) is 0 Å². The molecular formula is C27H37F2N3. The van der Waals surface area contributed by atoms with Gasteiger partial charge in [-0.25, -0.2) is 8.78 Å². The highest BCUT2D eigenvalue weighted by atomic mass is 19.2. The fraction of sp³-hybridized carbons (Fsp3) is 0.444. The molecule has 174 valence electrons. The average molecular weight is 442 g/mol. The minimum Gasteiger partial charge on any atom is -0.368 e. The van der Waals surface area contributed by atoms with Gasteiger partial charge >= 0.3 is 0 Å². The number of nitrogens with zero attached hydrogens (tertiary/aromatic N) is 1. The second-order valence-corrected chi connectivity index (χ2v) is 8.21. The Morgan fingerprint density at radius 2 is 1.94 bits per heavy atom. The van der Waals surface area contributed by atoms with Crippen LogP contribution in [0.4, 0.5) is 8.78 Å². The first-order valence-corrected chi connectivity index (χ1v) is 11.7. The summed E-state index contributed by atoms with van der Waals surface area (Å²) < 4.78 is 27.3. The van der Waals surface area contributed by atoms with E-state index in [2.05, 4.69) is 30.2 Å². The minimum atomic E-state index is -0.832. The molecule has 1 aromatic carbocycles. The second-order valence-electron chi connectivity index (χ2n) is 8.21. The van der Waals surface area contributed by atoms with Gasteiger partial charge in [0.2, 0.25) is 0 Å². The summed E-state index contributed by atoms with van der Waals surface area (Å²) in [6, 6.07) is 4.62. The normalized spacial score (nSPS) is 18.3. The van der Waals surface area contributed by atoms with Gasteiger partial charge in [0.25, 0.3) is 0 Å². The molecule has 2 atom stereocenters. The third-order valence-electron chi connectivity index (χ3n) is 5.70. The maximum absolute atomic E-state index is 13.9. The smallest absolute Gasteiger partial charge is 0.159 e. The molecule has 1 fully saturated rings. The predicted molar refractivity (Wildman–Crippen MR) is 132 cm³/mol. The summed E-state index contributed by atoms with van der Waals surface area (Å²) >= 11 is 0. The van der Waals surface area contributed by atoms with Crippen molar-refractivity contribution in [2.75, 3.05) is 0 Å². The van der Waals surface area contributed by atoms with Crippen LogP contribution >= 0.6 is 0 Å². The molecule has 0 spiro atoms. The van der Waals surface area contributed by atoms with E-state index in [1.165, 1.54) is 44.2 Å². The summed E-state index contributed by atoms with van der Waals surface area (Å²) in [4.78, 5) is 4.96. The lowest BCUT2D eigenvalue weighted by Gasteiger charge is -2.25. The zero-order valence-corrected chi connectivity index (χ0v) is 19.6. The van der Waals surface area contributed by atoms with Crippen molar-refractivity contribution in [2.45, 2.75) is 77.4 Å². The van der Waals surface area contributed by atoms with Gasteiger partial charge in [0.15, 0.2) is 11.6 Å². The van der Waals surface area contributed by atoms with Crippen molar-refractivity contribution in [1.82, 2.24) is 10.6 Å². The number of nitrogens with one attached hydrogen (secondary N) is 2. The van der Waals surface area contributed by atoms with Crippen LogP contribution in [0.3, 0.4) is 0 Å². The topological polar surface area (TPSA) is 36.4 Å². The Labute approximate surface area is 192 Å². The van der Waals surface area contributed by atoms with E-state index in [0.717, 1.165) is 23.3 Å². The Balaban J connectivity index is 2.38. The number of hydrogen-bond acceptors (Lipinski definition) is 3. The van der Waals surface area contributed by atoms with Crippen LogP contribution in [0.2, 0.25) is 0 Å². The monoisotopic (exact) mass is 441 g/mol. The molecular weight excluding hydrogens is 404 g/mol. The van der Waals surface area contributed by atoms with Crippen molar-refractivity contribution in [3.8, 4) is 0 Å². The number of benzene rings is 1. The van der Waals surface area contributed by atoms with Gasteiger partial charge in [-0.05, 0) is 74.7 Å². The van der Waals surface area contributed by atoms with E-state index >= 15 is 0 Å². The van der Waals surface area contributed by atoms with Crippen molar-refractivity contribution < 1.29 is 8.78 Å². The summed E-state index contributed by atoms with van der Waals surface area (Å²) in [7, 11) is 0. The molecule has 0 heterocycles. The molecule has 1 aliphatic rings. The zero-order chi connectivity index (χ0) is 23.3. The zero-order valence-electron chi connectivity index (χ0n) is 19.6. The van der Waals surface area contributed by atoms with E-state index in [1.54, 1.807) is 18.5 Å². The Morgan fingerprint density at radius 1 is 1.19 bits per heavy atom. The third kappa shape index (κ3) is 8.19. The van der Waals surface area contributed by atoms with E-state index < -0.39 is 11.6 Å². The van der Waals surface area contributed by atoms with Gasteiger partial charge in [-0.15, -0.1) is 0 Å². The molecule has 1 aromatic rings. The number of halogens is 2. The first kappa shape index (κ1) is 25.7. The molecule has 2 unspecified atom stereocenters. The molecule has 5 heteroatoms. The van der Waals surface area contributed by atoms with Gasteiger partial charge in [0.05, 0.1) is 11.9 Å². The first-order valence-electron chi connectivity index (χ1n) is 11.7. The highest BCUT2D eigenvalue weighted by molar-refractivity contribution is 6.10. The Kier molecular flexibility index (Phi) is 11.1. The van der Waals surface area contributed by atoms with E-state index in [1.807, 2.05) is 32.1 Å². The quantitative estimate of drug-likeness (QED) is 0.289. The molecule has 32 heavy (non-hydrogen) atoms. The summed E-state index contributed by atoms with van der Waals surface area (Å²) in [5.41, 5.74) is 2.49. The summed E-state index contributed by atoms with van der Waals surface area (Å²) in [6.07, 6.45) is 18.3.